The molecule has 0 radical (unpaired) electrons. The Morgan fingerprint density at radius 1 is 0.680 bits per heavy atom. The fraction of sp³-hybridized carbons (Fsp3) is 0.250. The van der Waals surface area contributed by atoms with Gasteiger partial charge in [-0.05, 0) is 24.0 Å². The summed E-state index contributed by atoms with van der Waals surface area (Å²) in [7, 11) is -8.85. The Labute approximate surface area is 148 Å². The molecule has 0 amide bonds. The van der Waals surface area contributed by atoms with Crippen molar-refractivity contribution in [3.05, 3.63) is 71.8 Å². The van der Waals surface area contributed by atoms with Gasteiger partial charge in [-0.3, -0.25) is 4.31 Å². The van der Waals surface area contributed by atoms with E-state index in [1.165, 1.54) is 0 Å². The average Bonchev–Trinajstić information content (AvgIpc) is 2.52. The zero-order chi connectivity index (χ0) is 16.8. The molecule has 2 aromatic rings. The molecule has 0 aromatic heterocycles. The van der Waals surface area contributed by atoms with Crippen LogP contribution < -0.4 is 22.1 Å². The smallest absolute Gasteiger partial charge is 0.141 e. The van der Waals surface area contributed by atoms with E-state index in [4.69, 9.17) is 0 Å². The van der Waals surface area contributed by atoms with E-state index >= 15 is 0 Å². The van der Waals surface area contributed by atoms with E-state index in [1.54, 1.807) is 48.5 Å². The monoisotopic (exact) mass is 388 g/mol. The summed E-state index contributed by atoms with van der Waals surface area (Å²) in [6.07, 6.45) is -0.232. The van der Waals surface area contributed by atoms with Gasteiger partial charge in [0.2, 0.25) is 0 Å². The predicted molar refractivity (Wildman–Crippen MR) is 98.3 cm³/mol. The zero-order valence-corrected chi connectivity index (χ0v) is 16.3. The van der Waals surface area contributed by atoms with Crippen LogP contribution in [-0.4, -0.2) is 12.3 Å². The van der Waals surface area contributed by atoms with Crippen molar-refractivity contribution < 1.29 is 23.2 Å². The van der Waals surface area contributed by atoms with E-state index in [9.17, 15) is 18.9 Å². The third kappa shape index (κ3) is 9.10. The lowest BCUT2D eigenvalue weighted by Gasteiger charge is -2.32. The van der Waals surface area contributed by atoms with Gasteiger partial charge in [0, 0.05) is 12.3 Å². The van der Waals surface area contributed by atoms with Crippen LogP contribution in [0, 0.1) is 0 Å². The molecule has 0 aliphatic carbocycles. The van der Waals surface area contributed by atoms with Crippen molar-refractivity contribution >= 4 is 15.2 Å². The summed E-state index contributed by atoms with van der Waals surface area (Å²) >= 11 is 0. The summed E-state index contributed by atoms with van der Waals surface area (Å²) in [5.41, 5.74) is 1.63. The van der Waals surface area contributed by atoms with Crippen LogP contribution in [0.15, 0.2) is 60.7 Å². The van der Waals surface area contributed by atoms with Gasteiger partial charge in [0.15, 0.2) is 0 Å². The van der Waals surface area contributed by atoms with Crippen LogP contribution in [0.4, 0.5) is 0 Å². The van der Waals surface area contributed by atoms with Gasteiger partial charge >= 0.3 is 0 Å². The molecule has 140 valence electrons. The molecular formula is C16H26N2O5P2. The number of hydrogen-bond donors (Lipinski definition) is 2. The minimum Gasteiger partial charge on any atom is -0.778 e. The minimum absolute atomic E-state index is 0. The van der Waals surface area contributed by atoms with Gasteiger partial charge in [-0.2, -0.15) is 0 Å². The second-order valence-electron chi connectivity index (χ2n) is 5.22. The molecule has 0 aliphatic rings. The molecule has 0 saturated carbocycles. The molecule has 2 atom stereocenters. The molecule has 0 spiro atoms. The highest BCUT2D eigenvalue weighted by Gasteiger charge is 2.18. The van der Waals surface area contributed by atoms with E-state index < -0.39 is 15.2 Å². The first-order chi connectivity index (χ1) is 10.9. The van der Waals surface area contributed by atoms with E-state index in [2.05, 4.69) is 4.31 Å². The molecule has 0 heterocycles. The van der Waals surface area contributed by atoms with Crippen molar-refractivity contribution in [2.24, 2.45) is 0 Å². The first-order valence-electron chi connectivity index (χ1n) is 7.26. The predicted octanol–water partition coefficient (Wildman–Crippen LogP) is 3.35. The number of aryl methyl sites for hydroxylation is 2. The Kier molecular flexibility index (Phi) is 10.1. The standard InChI is InChI=1S/C16H20O5P2.2H3N/c17-22(18,13-11-15-7-3-1-4-8-15)21-23(19,20)14-12-16-9-5-2-6-10-16;;/h1-10H,11-14H2,(H,17,18)(H,19,20);2*1H3. The second-order valence-corrected chi connectivity index (χ2v) is 9.21. The highest BCUT2D eigenvalue weighted by Crippen LogP contribution is 2.54. The van der Waals surface area contributed by atoms with E-state index in [0.29, 0.717) is 0 Å². The molecule has 0 bridgehead atoms. The van der Waals surface area contributed by atoms with Crippen molar-refractivity contribution in [3.63, 3.8) is 0 Å². The molecule has 0 saturated heterocycles. The molecule has 0 aliphatic heterocycles. The molecule has 25 heavy (non-hydrogen) atoms. The third-order valence-corrected chi connectivity index (χ3v) is 6.82. The molecule has 8 N–H and O–H groups in total. The maximum atomic E-state index is 11.9. The quantitative estimate of drug-likeness (QED) is 0.661. The molecular weight excluding hydrogens is 362 g/mol. The van der Waals surface area contributed by atoms with Gasteiger partial charge in [0.05, 0.1) is 0 Å². The van der Waals surface area contributed by atoms with E-state index in [0.717, 1.165) is 11.1 Å². The molecule has 7 nitrogen and oxygen atoms in total. The van der Waals surface area contributed by atoms with Gasteiger partial charge in [-0.25, -0.2) is 0 Å². The van der Waals surface area contributed by atoms with Crippen molar-refractivity contribution in [1.82, 2.24) is 12.3 Å². The maximum Gasteiger partial charge on any atom is 0.141 e. The van der Waals surface area contributed by atoms with Gasteiger partial charge in [-0.15, -0.1) is 0 Å². The zero-order valence-electron chi connectivity index (χ0n) is 14.5. The summed E-state index contributed by atoms with van der Waals surface area (Å²) in [5, 5.41) is 0. The van der Waals surface area contributed by atoms with E-state index in [1.807, 2.05) is 12.1 Å². The average molecular weight is 388 g/mol. The third-order valence-electron chi connectivity index (χ3n) is 3.28. The minimum atomic E-state index is -4.43. The topological polar surface area (TPSA) is 162 Å². The Morgan fingerprint density at radius 2 is 1.00 bits per heavy atom. The first kappa shape index (κ1) is 23.7. The number of rotatable bonds is 8. The van der Waals surface area contributed by atoms with Gasteiger partial charge in [-0.1, -0.05) is 60.7 Å². The largest absolute Gasteiger partial charge is 0.778 e. The van der Waals surface area contributed by atoms with Gasteiger partial charge in [0.25, 0.3) is 0 Å². The summed E-state index contributed by atoms with van der Waals surface area (Å²) < 4.78 is 28.2. The summed E-state index contributed by atoms with van der Waals surface area (Å²) in [6.45, 7) is 0. The van der Waals surface area contributed by atoms with Crippen molar-refractivity contribution in [3.8, 4) is 0 Å². The fourth-order valence-corrected chi connectivity index (χ4v) is 5.33. The number of quaternary nitrogens is 2. The van der Waals surface area contributed by atoms with Crippen LogP contribution >= 0.6 is 15.2 Å². The SMILES string of the molecule is O=P([O-])(CCc1ccccc1)OP(=O)([O-])CCc1ccccc1.[NH4+].[NH4+]. The number of hydrogen-bond acceptors (Lipinski definition) is 5. The molecule has 9 heteroatoms. The van der Waals surface area contributed by atoms with Gasteiger partial charge in [0.1, 0.15) is 15.2 Å². The Hall–Kier alpha value is -1.30. The van der Waals surface area contributed by atoms with Gasteiger partial charge < -0.3 is 31.2 Å². The second kappa shape index (κ2) is 10.6. The van der Waals surface area contributed by atoms with Crippen LogP contribution in [0.5, 0.6) is 0 Å². The fourth-order valence-electron chi connectivity index (χ4n) is 2.09. The highest BCUT2D eigenvalue weighted by molar-refractivity contribution is 7.64. The number of benzene rings is 2. The van der Waals surface area contributed by atoms with E-state index in [-0.39, 0.29) is 37.5 Å². The summed E-state index contributed by atoms with van der Waals surface area (Å²) in [4.78, 5) is 23.7. The van der Waals surface area contributed by atoms with Crippen LogP contribution in [0.3, 0.4) is 0 Å². The van der Waals surface area contributed by atoms with Crippen LogP contribution in [0.1, 0.15) is 11.1 Å². The molecule has 2 unspecified atom stereocenters. The van der Waals surface area contributed by atoms with Crippen molar-refractivity contribution in [1.29, 1.82) is 0 Å². The van der Waals surface area contributed by atoms with Crippen LogP contribution in [-0.2, 0) is 26.3 Å². The lowest BCUT2D eigenvalue weighted by Crippen LogP contribution is -2.16. The lowest BCUT2D eigenvalue weighted by atomic mass is 10.2. The van der Waals surface area contributed by atoms with Crippen LogP contribution in [0.25, 0.3) is 0 Å². The maximum absolute atomic E-state index is 11.9. The Bertz CT molecular complexity index is 651. The first-order valence-corrected chi connectivity index (χ1v) is 10.7. The Morgan fingerprint density at radius 3 is 1.32 bits per heavy atom. The molecule has 2 aromatic carbocycles. The molecule has 2 rings (SSSR count). The van der Waals surface area contributed by atoms with Crippen molar-refractivity contribution in [2.75, 3.05) is 12.3 Å². The van der Waals surface area contributed by atoms with Crippen LogP contribution in [0.2, 0.25) is 0 Å². The lowest BCUT2D eigenvalue weighted by molar-refractivity contribution is -0.213. The summed E-state index contributed by atoms with van der Waals surface area (Å²) in [6, 6.07) is 18.0. The Balaban J connectivity index is 0.00000288. The normalized spacial score (nSPS) is 15.1. The summed E-state index contributed by atoms with van der Waals surface area (Å²) in [5.74, 6) is 0. The molecule has 0 fully saturated rings. The van der Waals surface area contributed by atoms with Crippen molar-refractivity contribution in [2.45, 2.75) is 12.8 Å². The highest BCUT2D eigenvalue weighted by atomic mass is 31.3.